The number of halogens is 2. The minimum absolute atomic E-state index is 0. The topological polar surface area (TPSA) is 49.3 Å². The first-order chi connectivity index (χ1) is 12.8. The van der Waals surface area contributed by atoms with Gasteiger partial charge in [-0.1, -0.05) is 23.7 Å². The minimum Gasteiger partial charge on any atom is -0.377 e. The summed E-state index contributed by atoms with van der Waals surface area (Å²) >= 11 is 6.31. The van der Waals surface area contributed by atoms with Gasteiger partial charge in [-0.05, 0) is 25.0 Å². The molecule has 152 valence electrons. The maximum Gasteiger partial charge on any atom is 0.193 e. The van der Waals surface area contributed by atoms with Gasteiger partial charge in [0.25, 0.3) is 0 Å². The van der Waals surface area contributed by atoms with Crippen molar-refractivity contribution in [2.45, 2.75) is 18.9 Å². The van der Waals surface area contributed by atoms with Crippen molar-refractivity contribution in [1.29, 1.82) is 0 Å². The second-order valence-corrected chi connectivity index (χ2v) is 7.02. The van der Waals surface area contributed by atoms with E-state index in [0.717, 1.165) is 68.8 Å². The van der Waals surface area contributed by atoms with Crippen LogP contribution < -0.4 is 10.2 Å². The van der Waals surface area contributed by atoms with Crippen molar-refractivity contribution in [3.8, 4) is 0 Å². The number of aliphatic imine (C=N–C) groups is 1. The summed E-state index contributed by atoms with van der Waals surface area (Å²) in [6.45, 7) is 6.68. The fraction of sp³-hybridized carbons (Fsp3) is 0.632. The van der Waals surface area contributed by atoms with Crippen molar-refractivity contribution in [3.05, 3.63) is 29.3 Å². The smallest absolute Gasteiger partial charge is 0.193 e. The third-order valence-corrected chi connectivity index (χ3v) is 5.16. The quantitative estimate of drug-likeness (QED) is 0.277. The number of nitrogens with one attached hydrogen (secondary N) is 1. The van der Waals surface area contributed by atoms with E-state index in [1.54, 1.807) is 0 Å². The first-order valence-corrected chi connectivity index (χ1v) is 9.80. The van der Waals surface area contributed by atoms with Gasteiger partial charge in [0, 0.05) is 46.4 Å². The summed E-state index contributed by atoms with van der Waals surface area (Å²) in [6, 6.07) is 8.02. The molecule has 1 atom stereocenters. The monoisotopic (exact) mass is 508 g/mol. The summed E-state index contributed by atoms with van der Waals surface area (Å²) in [4.78, 5) is 9.02. The number of benzene rings is 1. The highest BCUT2D eigenvalue weighted by atomic mass is 127. The molecule has 1 aromatic carbocycles. The van der Waals surface area contributed by atoms with Crippen LogP contribution in [0, 0.1) is 0 Å². The lowest BCUT2D eigenvalue weighted by molar-refractivity contribution is 0.0190. The Labute approximate surface area is 184 Å². The van der Waals surface area contributed by atoms with Crippen LogP contribution in [0.3, 0.4) is 0 Å². The van der Waals surface area contributed by atoms with E-state index in [1.807, 2.05) is 25.2 Å². The lowest BCUT2D eigenvalue weighted by atomic mass is 10.2. The maximum absolute atomic E-state index is 6.31. The van der Waals surface area contributed by atoms with Gasteiger partial charge in [-0.15, -0.1) is 24.0 Å². The molecule has 2 saturated heterocycles. The molecule has 0 bridgehead atoms. The van der Waals surface area contributed by atoms with Gasteiger partial charge in [-0.25, -0.2) is 0 Å². The number of para-hydroxylation sites is 1. The van der Waals surface area contributed by atoms with E-state index in [2.05, 4.69) is 26.2 Å². The highest BCUT2D eigenvalue weighted by Crippen LogP contribution is 2.25. The molecule has 2 fully saturated rings. The van der Waals surface area contributed by atoms with Gasteiger partial charge in [0.1, 0.15) is 0 Å². The third-order valence-electron chi connectivity index (χ3n) is 4.84. The van der Waals surface area contributed by atoms with Crippen LogP contribution in [0.15, 0.2) is 29.3 Å². The average Bonchev–Trinajstić information content (AvgIpc) is 3.19. The molecule has 8 heteroatoms. The molecule has 0 spiro atoms. The van der Waals surface area contributed by atoms with Crippen molar-refractivity contribution in [2.75, 3.05) is 64.5 Å². The molecule has 1 aromatic rings. The highest BCUT2D eigenvalue weighted by molar-refractivity contribution is 14.0. The SMILES string of the molecule is CN=C(NCCOCC1CCCO1)N1CCN(c2ccccc2Cl)CC1.I. The fourth-order valence-corrected chi connectivity index (χ4v) is 3.68. The predicted molar refractivity (Wildman–Crippen MR) is 122 cm³/mol. The molecule has 2 aliphatic heterocycles. The Bertz CT molecular complexity index is 591. The van der Waals surface area contributed by atoms with Gasteiger partial charge in [-0.3, -0.25) is 4.99 Å². The van der Waals surface area contributed by atoms with Gasteiger partial charge in [-0.2, -0.15) is 0 Å². The van der Waals surface area contributed by atoms with Crippen LogP contribution in [0.4, 0.5) is 5.69 Å². The standard InChI is InChI=1S/C19H29ClN4O2.HI/c1-21-19(22-8-14-25-15-16-5-4-13-26-16)24-11-9-23(10-12-24)18-7-3-2-6-17(18)20;/h2-3,6-7,16H,4-5,8-15H2,1H3,(H,21,22);1H. The summed E-state index contributed by atoms with van der Waals surface area (Å²) in [7, 11) is 1.83. The number of anilines is 1. The Hall–Kier alpha value is -0.770. The van der Waals surface area contributed by atoms with Gasteiger partial charge in [0.2, 0.25) is 0 Å². The van der Waals surface area contributed by atoms with Crippen LogP contribution in [0.2, 0.25) is 5.02 Å². The average molecular weight is 509 g/mol. The van der Waals surface area contributed by atoms with Crippen molar-refractivity contribution in [1.82, 2.24) is 10.2 Å². The maximum atomic E-state index is 6.31. The van der Waals surface area contributed by atoms with E-state index in [9.17, 15) is 0 Å². The van der Waals surface area contributed by atoms with Crippen LogP contribution in [0.1, 0.15) is 12.8 Å². The second-order valence-electron chi connectivity index (χ2n) is 6.61. The highest BCUT2D eigenvalue weighted by Gasteiger charge is 2.21. The first kappa shape index (κ1) is 22.5. The molecule has 6 nitrogen and oxygen atoms in total. The second kappa shape index (κ2) is 11.9. The van der Waals surface area contributed by atoms with E-state index >= 15 is 0 Å². The summed E-state index contributed by atoms with van der Waals surface area (Å²) in [5.74, 6) is 0.935. The van der Waals surface area contributed by atoms with Crippen LogP contribution in [-0.2, 0) is 9.47 Å². The van der Waals surface area contributed by atoms with Crippen molar-refractivity contribution < 1.29 is 9.47 Å². The van der Waals surface area contributed by atoms with E-state index < -0.39 is 0 Å². The summed E-state index contributed by atoms with van der Waals surface area (Å²) < 4.78 is 11.3. The largest absolute Gasteiger partial charge is 0.377 e. The lowest BCUT2D eigenvalue weighted by Crippen LogP contribution is -2.53. The molecule has 2 heterocycles. The van der Waals surface area contributed by atoms with Crippen molar-refractivity contribution in [3.63, 3.8) is 0 Å². The zero-order valence-corrected chi connectivity index (χ0v) is 19.0. The molecular formula is C19H30ClIN4O2. The molecule has 27 heavy (non-hydrogen) atoms. The summed E-state index contributed by atoms with van der Waals surface area (Å²) in [6.07, 6.45) is 2.55. The Balaban J connectivity index is 0.00000261. The summed E-state index contributed by atoms with van der Waals surface area (Å²) in [5, 5.41) is 4.21. The van der Waals surface area contributed by atoms with Gasteiger partial charge in [0.05, 0.1) is 30.0 Å². The number of nitrogens with zero attached hydrogens (tertiary/aromatic N) is 3. The Morgan fingerprint density at radius 1 is 1.30 bits per heavy atom. The van der Waals surface area contributed by atoms with Crippen molar-refractivity contribution >= 4 is 47.2 Å². The van der Waals surface area contributed by atoms with Crippen LogP contribution >= 0.6 is 35.6 Å². The predicted octanol–water partition coefficient (Wildman–Crippen LogP) is 2.85. The number of ether oxygens (including phenoxy) is 2. The van der Waals surface area contributed by atoms with E-state index in [-0.39, 0.29) is 30.1 Å². The lowest BCUT2D eigenvalue weighted by Gasteiger charge is -2.38. The zero-order chi connectivity index (χ0) is 18.2. The van der Waals surface area contributed by atoms with Crippen LogP contribution in [0.5, 0.6) is 0 Å². The molecule has 0 radical (unpaired) electrons. The Morgan fingerprint density at radius 3 is 2.74 bits per heavy atom. The number of hydrogen-bond donors (Lipinski definition) is 1. The van der Waals surface area contributed by atoms with Crippen molar-refractivity contribution in [2.24, 2.45) is 4.99 Å². The molecule has 0 aromatic heterocycles. The molecule has 1 N–H and O–H groups in total. The Kier molecular flexibility index (Phi) is 9.95. The molecule has 0 saturated carbocycles. The van der Waals surface area contributed by atoms with E-state index in [0.29, 0.717) is 13.2 Å². The molecular weight excluding hydrogens is 479 g/mol. The van der Waals surface area contributed by atoms with Crippen LogP contribution in [-0.4, -0.2) is 76.6 Å². The van der Waals surface area contributed by atoms with Gasteiger partial charge in [0.15, 0.2) is 5.96 Å². The molecule has 3 rings (SSSR count). The van der Waals surface area contributed by atoms with Gasteiger partial charge < -0.3 is 24.6 Å². The van der Waals surface area contributed by atoms with Gasteiger partial charge >= 0.3 is 0 Å². The first-order valence-electron chi connectivity index (χ1n) is 9.42. The summed E-state index contributed by atoms with van der Waals surface area (Å²) in [5.41, 5.74) is 1.11. The number of guanidine groups is 1. The van der Waals surface area contributed by atoms with E-state index in [4.69, 9.17) is 21.1 Å². The third kappa shape index (κ3) is 6.66. The normalized spacial score (nSPS) is 20.5. The van der Waals surface area contributed by atoms with Crippen LogP contribution in [0.25, 0.3) is 0 Å². The fourth-order valence-electron chi connectivity index (χ4n) is 3.43. The molecule has 0 amide bonds. The number of piperazine rings is 1. The minimum atomic E-state index is 0. The Morgan fingerprint density at radius 2 is 2.07 bits per heavy atom. The van der Waals surface area contributed by atoms with E-state index in [1.165, 1.54) is 0 Å². The molecule has 2 aliphatic rings. The number of rotatable bonds is 6. The molecule has 1 unspecified atom stereocenters. The molecule has 0 aliphatic carbocycles. The zero-order valence-electron chi connectivity index (χ0n) is 15.9. The number of hydrogen-bond acceptors (Lipinski definition) is 4.